The highest BCUT2D eigenvalue weighted by Crippen LogP contribution is 2.47. The Morgan fingerprint density at radius 3 is 1.90 bits per heavy atom. The van der Waals surface area contributed by atoms with Crippen LogP contribution in [-0.2, 0) is 6.54 Å². The third kappa shape index (κ3) is 4.33. The second kappa shape index (κ2) is 9.00. The monoisotopic (exact) mass is 421 g/mol. The Morgan fingerprint density at radius 2 is 1.45 bits per heavy atom. The lowest BCUT2D eigenvalue weighted by Gasteiger charge is -2.42. The quantitative estimate of drug-likeness (QED) is 0.663. The van der Waals surface area contributed by atoms with Crippen molar-refractivity contribution in [2.45, 2.75) is 64.7 Å². The zero-order valence-electron chi connectivity index (χ0n) is 18.2. The second-order valence-corrected chi connectivity index (χ2v) is 13.4. The molecule has 2 aromatic heterocycles. The van der Waals surface area contributed by atoms with Gasteiger partial charge in [0, 0.05) is 24.2 Å². The Hall–Kier alpha value is -2.32. The van der Waals surface area contributed by atoms with Gasteiger partial charge in [0.05, 0.1) is 7.11 Å². The Morgan fingerprint density at radius 1 is 0.931 bits per heavy atom. The summed E-state index contributed by atoms with van der Waals surface area (Å²) in [4.78, 5) is 24.4. The van der Waals surface area contributed by atoms with Gasteiger partial charge in [0.1, 0.15) is 0 Å². The van der Waals surface area contributed by atoms with E-state index in [1.54, 1.807) is 6.07 Å². The fourth-order valence-electron chi connectivity index (χ4n) is 4.21. The number of hydrogen-bond donors (Lipinski definition) is 1. The highest BCUT2D eigenvalue weighted by molar-refractivity contribution is 6.78. The molecule has 0 aliphatic heterocycles. The Bertz CT molecular complexity index is 985. The largest absolute Gasteiger partial charge is 0.538 e. The maximum atomic E-state index is 12.2. The first-order valence-corrected chi connectivity index (χ1v) is 12.0. The van der Waals surface area contributed by atoms with Crippen molar-refractivity contribution in [3.8, 4) is 11.5 Å². The van der Waals surface area contributed by atoms with Gasteiger partial charge in [0.2, 0.25) is 5.75 Å². The molecule has 29 heavy (non-hydrogen) atoms. The van der Waals surface area contributed by atoms with Crippen molar-refractivity contribution >= 4 is 19.5 Å². The molecule has 0 spiro atoms. The van der Waals surface area contributed by atoms with Crippen LogP contribution in [0.5, 0.6) is 11.5 Å². The van der Waals surface area contributed by atoms with Gasteiger partial charge in [0.15, 0.2) is 16.9 Å². The van der Waals surface area contributed by atoms with E-state index in [0.717, 1.165) is 12.1 Å². The van der Waals surface area contributed by atoms with Crippen molar-refractivity contribution in [3.63, 3.8) is 0 Å². The van der Waals surface area contributed by atoms with E-state index in [9.17, 15) is 9.59 Å². The SMILES string of the molecule is COc1c(O[Si](C(C)C)(C(C)C)C(C)C)c2cc(CN)c1oc(=O)ccc(=O)o2. The summed E-state index contributed by atoms with van der Waals surface area (Å²) in [5.74, 6) is 0.483. The Kier molecular flexibility index (Phi) is 7.13. The molecule has 3 aromatic rings. The number of nitrogens with two attached hydrogens (primary N) is 1. The van der Waals surface area contributed by atoms with E-state index in [0.29, 0.717) is 5.56 Å². The molecule has 2 bridgehead atoms. The van der Waals surface area contributed by atoms with Gasteiger partial charge < -0.3 is 23.7 Å². The van der Waals surface area contributed by atoms with E-state index in [1.807, 2.05) is 0 Å². The van der Waals surface area contributed by atoms with Gasteiger partial charge in [0.25, 0.3) is 8.32 Å². The van der Waals surface area contributed by atoms with Crippen LogP contribution < -0.4 is 26.1 Å². The van der Waals surface area contributed by atoms with Crippen LogP contribution >= 0.6 is 0 Å². The van der Waals surface area contributed by atoms with Crippen molar-refractivity contribution in [3.05, 3.63) is 44.6 Å². The first kappa shape index (κ1) is 23.0. The summed E-state index contributed by atoms with van der Waals surface area (Å²) in [6.07, 6.45) is 0. The van der Waals surface area contributed by atoms with E-state index < -0.39 is 19.6 Å². The molecule has 2 N–H and O–H groups in total. The van der Waals surface area contributed by atoms with E-state index >= 15 is 0 Å². The minimum absolute atomic E-state index is 0.0641. The molecule has 7 nitrogen and oxygen atoms in total. The number of benzene rings is 1. The molecule has 0 fully saturated rings. The average molecular weight is 422 g/mol. The lowest BCUT2D eigenvalue weighted by Crippen LogP contribution is -2.50. The Balaban J connectivity index is 3.04. The van der Waals surface area contributed by atoms with Gasteiger partial charge in [-0.05, 0) is 22.7 Å². The van der Waals surface area contributed by atoms with Crippen LogP contribution in [-0.4, -0.2) is 15.4 Å². The van der Waals surface area contributed by atoms with Gasteiger partial charge in [-0.15, -0.1) is 0 Å². The number of methoxy groups -OCH3 is 1. The van der Waals surface area contributed by atoms with Crippen molar-refractivity contribution in [1.29, 1.82) is 0 Å². The summed E-state index contributed by atoms with van der Waals surface area (Å²) in [7, 11) is -0.977. The molecular weight excluding hydrogens is 390 g/mol. The van der Waals surface area contributed by atoms with Crippen molar-refractivity contribution in [2.75, 3.05) is 7.11 Å². The minimum Gasteiger partial charge on any atom is -0.538 e. The van der Waals surface area contributed by atoms with Crippen molar-refractivity contribution < 1.29 is 18.0 Å². The third-order valence-electron chi connectivity index (χ3n) is 5.41. The van der Waals surface area contributed by atoms with Crippen LogP contribution in [0.2, 0.25) is 16.6 Å². The molecule has 0 aliphatic carbocycles. The maximum Gasteiger partial charge on any atom is 0.336 e. The zero-order valence-corrected chi connectivity index (χ0v) is 19.2. The molecule has 0 aliphatic rings. The molecule has 0 radical (unpaired) electrons. The van der Waals surface area contributed by atoms with E-state index in [-0.39, 0.29) is 45.8 Å². The fraction of sp³-hybridized carbons (Fsp3) is 0.524. The van der Waals surface area contributed by atoms with Crippen LogP contribution in [0.25, 0.3) is 11.2 Å². The predicted molar refractivity (Wildman–Crippen MR) is 116 cm³/mol. The molecule has 3 rings (SSSR count). The zero-order chi connectivity index (χ0) is 21.9. The van der Waals surface area contributed by atoms with Gasteiger partial charge in [-0.1, -0.05) is 41.5 Å². The molecule has 8 heteroatoms. The molecule has 0 atom stereocenters. The van der Waals surface area contributed by atoms with Gasteiger partial charge in [-0.2, -0.15) is 0 Å². The molecule has 160 valence electrons. The van der Waals surface area contributed by atoms with Crippen LogP contribution in [0.4, 0.5) is 0 Å². The molecule has 2 heterocycles. The highest BCUT2D eigenvalue weighted by Gasteiger charge is 2.48. The fourth-order valence-corrected chi connectivity index (χ4v) is 9.47. The summed E-state index contributed by atoms with van der Waals surface area (Å²) in [6, 6.07) is 3.61. The molecule has 0 saturated carbocycles. The molecular formula is C21H31NO6Si. The Labute approximate surface area is 171 Å². The lowest BCUT2D eigenvalue weighted by molar-refractivity contribution is 0.373. The van der Waals surface area contributed by atoms with E-state index in [2.05, 4.69) is 41.5 Å². The minimum atomic E-state index is -2.43. The normalized spacial score (nSPS) is 12.1. The van der Waals surface area contributed by atoms with Crippen LogP contribution in [0, 0.1) is 0 Å². The first-order chi connectivity index (χ1) is 13.6. The molecule has 0 unspecified atom stereocenters. The van der Waals surface area contributed by atoms with Crippen molar-refractivity contribution in [1.82, 2.24) is 0 Å². The van der Waals surface area contributed by atoms with Crippen LogP contribution in [0.3, 0.4) is 0 Å². The van der Waals surface area contributed by atoms with Crippen molar-refractivity contribution in [2.24, 2.45) is 5.73 Å². The van der Waals surface area contributed by atoms with E-state index in [1.165, 1.54) is 7.11 Å². The number of rotatable bonds is 7. The number of fused-ring (bicyclic) bond motifs is 7. The molecule has 0 amide bonds. The summed E-state index contributed by atoms with van der Waals surface area (Å²) in [5, 5.41) is 0. The number of ether oxygens (including phenoxy) is 1. The van der Waals surface area contributed by atoms with Crippen LogP contribution in [0.1, 0.15) is 47.1 Å². The number of hydrogen-bond acceptors (Lipinski definition) is 7. The summed E-state index contributed by atoms with van der Waals surface area (Å²) in [5.41, 5.74) is 6.08. The summed E-state index contributed by atoms with van der Waals surface area (Å²) < 4.78 is 23.4. The van der Waals surface area contributed by atoms with E-state index in [4.69, 9.17) is 23.7 Å². The smallest absolute Gasteiger partial charge is 0.336 e. The third-order valence-corrected chi connectivity index (χ3v) is 11.4. The molecule has 0 saturated heterocycles. The molecule has 1 aromatic carbocycles. The standard InChI is InChI=1S/C21H31NO6Si/c1-12(2)29(13(3)4,14(5)6)28-20-16-10-15(11-22)19(21(20)25-7)27-18(24)9-8-17(23)26-16/h8-10,12-14H,11,22H2,1-7H3. The first-order valence-electron chi connectivity index (χ1n) is 9.83. The van der Waals surface area contributed by atoms with Gasteiger partial charge >= 0.3 is 11.3 Å². The second-order valence-electron chi connectivity index (χ2n) is 8.02. The van der Waals surface area contributed by atoms with Gasteiger partial charge in [-0.3, -0.25) is 0 Å². The predicted octanol–water partition coefficient (Wildman–Crippen LogP) is 4.33. The highest BCUT2D eigenvalue weighted by atomic mass is 28.4. The summed E-state index contributed by atoms with van der Waals surface area (Å²) in [6.45, 7) is 12.9. The topological polar surface area (TPSA) is 105 Å². The lowest BCUT2D eigenvalue weighted by atomic mass is 10.1. The summed E-state index contributed by atoms with van der Waals surface area (Å²) >= 11 is 0. The van der Waals surface area contributed by atoms with Crippen LogP contribution in [0.15, 0.2) is 36.6 Å². The maximum absolute atomic E-state index is 12.2. The van der Waals surface area contributed by atoms with Gasteiger partial charge in [-0.25, -0.2) is 9.59 Å². The average Bonchev–Trinajstić information content (AvgIpc) is 2.64.